The number of aromatic amines is 2. The van der Waals surface area contributed by atoms with E-state index in [0.717, 1.165) is 12.0 Å². The Morgan fingerprint density at radius 1 is 1.00 bits per heavy atom. The minimum Gasteiger partial charge on any atom is -0.311 e. The summed E-state index contributed by atoms with van der Waals surface area (Å²) < 4.78 is 0. The van der Waals surface area contributed by atoms with E-state index in [4.69, 9.17) is 0 Å². The number of nitrogens with one attached hydrogen (secondary N) is 2. The number of aryl methyl sites for hydroxylation is 2. The molecule has 0 aliphatic rings. The Hall–Kier alpha value is -2.10. The van der Waals surface area contributed by atoms with E-state index in [1.165, 1.54) is 5.56 Å². The van der Waals surface area contributed by atoms with Crippen LogP contribution >= 0.6 is 0 Å². The third-order valence-electron chi connectivity index (χ3n) is 3.07. The van der Waals surface area contributed by atoms with Crippen molar-refractivity contribution in [2.45, 2.75) is 26.7 Å². The zero-order chi connectivity index (χ0) is 13.1. The average Bonchev–Trinajstić information content (AvgIpc) is 2.34. The summed E-state index contributed by atoms with van der Waals surface area (Å²) in [5.74, 6) is 0. The summed E-state index contributed by atoms with van der Waals surface area (Å²) in [6, 6.07) is 8.15. The first kappa shape index (κ1) is 12.4. The summed E-state index contributed by atoms with van der Waals surface area (Å²) in [6.07, 6.45) is 1.53. The molecule has 0 amide bonds. The number of rotatable bonds is 3. The van der Waals surface area contributed by atoms with Gasteiger partial charge in [-0.1, -0.05) is 31.2 Å². The van der Waals surface area contributed by atoms with Crippen molar-refractivity contribution in [1.29, 1.82) is 0 Å². The van der Waals surface area contributed by atoms with Crippen LogP contribution in [0.4, 0.5) is 0 Å². The highest BCUT2D eigenvalue weighted by Gasteiger charge is 2.06. The van der Waals surface area contributed by atoms with Gasteiger partial charge in [0.15, 0.2) is 0 Å². The standard InChI is InChI=1S/C14H16N2O2/c1-3-10-4-6-11(7-5-10)8-12-9(2)15-14(18)16-13(12)17/h4-7H,3,8H2,1-2H3,(H2,15,16,17,18). The van der Waals surface area contributed by atoms with E-state index in [0.29, 0.717) is 17.7 Å². The highest BCUT2D eigenvalue weighted by Crippen LogP contribution is 2.09. The minimum absolute atomic E-state index is 0.309. The van der Waals surface area contributed by atoms with Crippen LogP contribution in [0.2, 0.25) is 0 Å². The summed E-state index contributed by atoms with van der Waals surface area (Å²) in [5.41, 5.74) is 2.80. The molecular formula is C14H16N2O2. The number of hydrogen-bond donors (Lipinski definition) is 2. The zero-order valence-corrected chi connectivity index (χ0v) is 10.5. The van der Waals surface area contributed by atoms with Crippen LogP contribution < -0.4 is 11.2 Å². The Labute approximate surface area is 105 Å². The summed E-state index contributed by atoms with van der Waals surface area (Å²) in [6.45, 7) is 3.85. The van der Waals surface area contributed by atoms with Gasteiger partial charge in [-0.15, -0.1) is 0 Å². The van der Waals surface area contributed by atoms with Crippen LogP contribution in [0.3, 0.4) is 0 Å². The molecule has 0 aliphatic carbocycles. The summed E-state index contributed by atoms with van der Waals surface area (Å²) in [5, 5.41) is 0. The Kier molecular flexibility index (Phi) is 3.46. The Balaban J connectivity index is 2.34. The molecule has 0 aliphatic heterocycles. The summed E-state index contributed by atoms with van der Waals surface area (Å²) >= 11 is 0. The largest absolute Gasteiger partial charge is 0.325 e. The number of aromatic nitrogens is 2. The normalized spacial score (nSPS) is 10.6. The maximum atomic E-state index is 11.7. The molecule has 94 valence electrons. The van der Waals surface area contributed by atoms with Gasteiger partial charge in [-0.25, -0.2) is 4.79 Å². The molecule has 0 bridgehead atoms. The van der Waals surface area contributed by atoms with Gasteiger partial charge in [-0.05, 0) is 24.5 Å². The van der Waals surface area contributed by atoms with Crippen LogP contribution in [0, 0.1) is 6.92 Å². The van der Waals surface area contributed by atoms with Crippen LogP contribution in [-0.4, -0.2) is 9.97 Å². The average molecular weight is 244 g/mol. The van der Waals surface area contributed by atoms with Crippen LogP contribution in [-0.2, 0) is 12.8 Å². The maximum absolute atomic E-state index is 11.7. The third kappa shape index (κ3) is 2.59. The van der Waals surface area contributed by atoms with Gasteiger partial charge in [0.25, 0.3) is 5.56 Å². The number of H-pyrrole nitrogens is 2. The summed E-state index contributed by atoms with van der Waals surface area (Å²) in [7, 11) is 0. The first-order valence-electron chi connectivity index (χ1n) is 6.00. The van der Waals surface area contributed by atoms with Crippen molar-refractivity contribution in [2.24, 2.45) is 0 Å². The van der Waals surface area contributed by atoms with Crippen molar-refractivity contribution in [3.63, 3.8) is 0 Å². The minimum atomic E-state index is -0.456. The van der Waals surface area contributed by atoms with Gasteiger partial charge in [-0.2, -0.15) is 0 Å². The molecule has 0 unspecified atom stereocenters. The molecule has 1 aromatic carbocycles. The van der Waals surface area contributed by atoms with Crippen LogP contribution in [0.25, 0.3) is 0 Å². The number of benzene rings is 1. The molecule has 4 heteroatoms. The lowest BCUT2D eigenvalue weighted by atomic mass is 10.0. The predicted molar refractivity (Wildman–Crippen MR) is 71.0 cm³/mol. The van der Waals surface area contributed by atoms with E-state index < -0.39 is 5.69 Å². The second-order valence-corrected chi connectivity index (χ2v) is 4.36. The molecule has 0 saturated carbocycles. The fourth-order valence-corrected chi connectivity index (χ4v) is 1.94. The van der Waals surface area contributed by atoms with Crippen molar-refractivity contribution in [1.82, 2.24) is 9.97 Å². The van der Waals surface area contributed by atoms with Crippen molar-refractivity contribution in [3.05, 3.63) is 67.5 Å². The molecule has 0 fully saturated rings. The van der Waals surface area contributed by atoms with Crippen LogP contribution in [0.15, 0.2) is 33.9 Å². The van der Waals surface area contributed by atoms with Gasteiger partial charge >= 0.3 is 5.69 Å². The fourth-order valence-electron chi connectivity index (χ4n) is 1.94. The van der Waals surface area contributed by atoms with E-state index in [1.807, 2.05) is 12.1 Å². The lowest BCUT2D eigenvalue weighted by Crippen LogP contribution is -2.27. The second-order valence-electron chi connectivity index (χ2n) is 4.36. The lowest BCUT2D eigenvalue weighted by molar-refractivity contribution is 0.933. The van der Waals surface area contributed by atoms with Crippen LogP contribution in [0.5, 0.6) is 0 Å². The maximum Gasteiger partial charge on any atom is 0.325 e. The fraction of sp³-hybridized carbons (Fsp3) is 0.286. The summed E-state index contributed by atoms with van der Waals surface area (Å²) in [4.78, 5) is 27.7. The quantitative estimate of drug-likeness (QED) is 0.859. The van der Waals surface area contributed by atoms with Gasteiger partial charge in [0, 0.05) is 17.7 Å². The Morgan fingerprint density at radius 2 is 1.61 bits per heavy atom. The molecule has 0 radical (unpaired) electrons. The molecule has 1 aromatic heterocycles. The van der Waals surface area contributed by atoms with E-state index in [2.05, 4.69) is 29.0 Å². The zero-order valence-electron chi connectivity index (χ0n) is 10.5. The SMILES string of the molecule is CCc1ccc(Cc2c(C)[nH]c(=O)[nH]c2=O)cc1. The molecule has 18 heavy (non-hydrogen) atoms. The van der Waals surface area contributed by atoms with E-state index in [-0.39, 0.29) is 5.56 Å². The third-order valence-corrected chi connectivity index (χ3v) is 3.07. The van der Waals surface area contributed by atoms with Gasteiger partial charge in [0.05, 0.1) is 0 Å². The van der Waals surface area contributed by atoms with Gasteiger partial charge in [0.1, 0.15) is 0 Å². The number of hydrogen-bond acceptors (Lipinski definition) is 2. The Bertz CT molecular complexity index is 651. The molecule has 0 spiro atoms. The molecule has 2 N–H and O–H groups in total. The van der Waals surface area contributed by atoms with Gasteiger partial charge in [0.2, 0.25) is 0 Å². The first-order valence-corrected chi connectivity index (χ1v) is 6.00. The molecule has 0 saturated heterocycles. The lowest BCUT2D eigenvalue weighted by Gasteiger charge is -2.05. The van der Waals surface area contributed by atoms with Gasteiger partial charge in [-0.3, -0.25) is 9.78 Å². The van der Waals surface area contributed by atoms with E-state index in [1.54, 1.807) is 6.92 Å². The predicted octanol–water partition coefficient (Wildman–Crippen LogP) is 1.52. The van der Waals surface area contributed by atoms with Crippen molar-refractivity contribution < 1.29 is 0 Å². The molecule has 2 aromatic rings. The first-order chi connectivity index (χ1) is 8.60. The molecule has 1 heterocycles. The molecule has 2 rings (SSSR count). The smallest absolute Gasteiger partial charge is 0.311 e. The highest BCUT2D eigenvalue weighted by atomic mass is 16.2. The molecular weight excluding hydrogens is 228 g/mol. The van der Waals surface area contributed by atoms with Crippen molar-refractivity contribution in [3.8, 4) is 0 Å². The van der Waals surface area contributed by atoms with Crippen molar-refractivity contribution in [2.75, 3.05) is 0 Å². The van der Waals surface area contributed by atoms with Crippen molar-refractivity contribution >= 4 is 0 Å². The monoisotopic (exact) mass is 244 g/mol. The van der Waals surface area contributed by atoms with Crippen LogP contribution in [0.1, 0.15) is 29.3 Å². The van der Waals surface area contributed by atoms with Gasteiger partial charge < -0.3 is 4.98 Å². The highest BCUT2D eigenvalue weighted by molar-refractivity contribution is 5.29. The van der Waals surface area contributed by atoms with E-state index >= 15 is 0 Å². The molecule has 4 nitrogen and oxygen atoms in total. The second kappa shape index (κ2) is 5.04. The van der Waals surface area contributed by atoms with E-state index in [9.17, 15) is 9.59 Å². The Morgan fingerprint density at radius 3 is 2.17 bits per heavy atom. The topological polar surface area (TPSA) is 65.7 Å². The molecule has 0 atom stereocenters.